The van der Waals surface area contributed by atoms with Crippen LogP contribution in [-0.4, -0.2) is 67.9 Å². The van der Waals surface area contributed by atoms with Gasteiger partial charge >= 0.3 is 12.2 Å². The van der Waals surface area contributed by atoms with Crippen LogP contribution in [0.2, 0.25) is 0 Å². The standard InChI is InChI=1S/C25H35FN4O6S2/c1-16-18(28(8)17-11-12-29(13-17)22(31)35-24(2,3)4)9-10-19(21(16)26)38(33,34)30(20-14-37-15-27-20)23(32)36-25(5,6)7/h9-10,14-15,17H,11-13H2,1-8H3/t17-/m0/s1. The van der Waals surface area contributed by atoms with Crippen LogP contribution in [0.3, 0.4) is 0 Å². The minimum absolute atomic E-state index is 0.0895. The second-order valence-electron chi connectivity index (χ2n) is 11.1. The summed E-state index contributed by atoms with van der Waals surface area (Å²) in [6.45, 7) is 12.5. The molecule has 0 saturated carbocycles. The van der Waals surface area contributed by atoms with Gasteiger partial charge in [-0.25, -0.2) is 27.4 Å². The molecule has 1 aromatic carbocycles. The molecule has 3 rings (SSSR count). The number of sulfonamides is 1. The molecule has 1 aromatic heterocycles. The molecular formula is C25H35FN4O6S2. The highest BCUT2D eigenvalue weighted by molar-refractivity contribution is 7.93. The molecule has 38 heavy (non-hydrogen) atoms. The highest BCUT2D eigenvalue weighted by atomic mass is 32.2. The molecule has 1 aliphatic heterocycles. The van der Waals surface area contributed by atoms with E-state index in [9.17, 15) is 18.0 Å². The van der Waals surface area contributed by atoms with Crippen molar-refractivity contribution in [2.75, 3.05) is 29.3 Å². The van der Waals surface area contributed by atoms with Gasteiger partial charge in [0.15, 0.2) is 5.82 Å². The van der Waals surface area contributed by atoms with Gasteiger partial charge in [-0.1, -0.05) is 0 Å². The zero-order valence-corrected chi connectivity index (χ0v) is 24.6. The molecule has 1 fully saturated rings. The highest BCUT2D eigenvalue weighted by Crippen LogP contribution is 2.33. The van der Waals surface area contributed by atoms with Crippen molar-refractivity contribution in [2.45, 2.75) is 77.0 Å². The predicted octanol–water partition coefficient (Wildman–Crippen LogP) is 5.17. The first kappa shape index (κ1) is 29.6. The molecule has 1 atom stereocenters. The van der Waals surface area contributed by atoms with Crippen molar-refractivity contribution in [1.29, 1.82) is 0 Å². The van der Waals surface area contributed by atoms with E-state index in [1.54, 1.807) is 53.5 Å². The van der Waals surface area contributed by atoms with Crippen molar-refractivity contribution in [2.24, 2.45) is 0 Å². The number of halogens is 1. The zero-order valence-electron chi connectivity index (χ0n) is 22.9. The molecule has 10 nitrogen and oxygen atoms in total. The molecule has 1 saturated heterocycles. The summed E-state index contributed by atoms with van der Waals surface area (Å²) in [4.78, 5) is 32.1. The third kappa shape index (κ3) is 6.55. The molecule has 0 radical (unpaired) electrons. The van der Waals surface area contributed by atoms with Crippen LogP contribution in [0.15, 0.2) is 27.9 Å². The van der Waals surface area contributed by atoms with Gasteiger partial charge in [0.1, 0.15) is 21.9 Å². The van der Waals surface area contributed by atoms with Crippen LogP contribution in [0, 0.1) is 12.7 Å². The Balaban J connectivity index is 1.90. The number of hydrogen-bond donors (Lipinski definition) is 0. The van der Waals surface area contributed by atoms with E-state index in [-0.39, 0.29) is 17.4 Å². The number of benzene rings is 1. The van der Waals surface area contributed by atoms with Gasteiger partial charge in [0, 0.05) is 42.8 Å². The van der Waals surface area contributed by atoms with E-state index in [2.05, 4.69) is 4.98 Å². The van der Waals surface area contributed by atoms with Crippen LogP contribution in [0.1, 0.15) is 53.5 Å². The Morgan fingerprint density at radius 2 is 1.76 bits per heavy atom. The molecule has 2 amide bonds. The molecule has 210 valence electrons. The number of carbonyl (C=O) groups excluding carboxylic acids is 2. The van der Waals surface area contributed by atoms with Crippen LogP contribution in [0.25, 0.3) is 0 Å². The van der Waals surface area contributed by atoms with E-state index in [1.807, 2.05) is 4.90 Å². The van der Waals surface area contributed by atoms with Gasteiger partial charge in [0.25, 0.3) is 10.0 Å². The molecule has 0 N–H and O–H groups in total. The van der Waals surface area contributed by atoms with Crippen molar-refractivity contribution in [3.8, 4) is 0 Å². The third-order valence-electron chi connectivity index (χ3n) is 5.77. The second kappa shape index (κ2) is 10.7. The summed E-state index contributed by atoms with van der Waals surface area (Å²) in [5, 5.41) is 1.37. The average Bonchev–Trinajstić information content (AvgIpc) is 3.45. The Labute approximate surface area is 227 Å². The maximum atomic E-state index is 15.7. The minimum Gasteiger partial charge on any atom is -0.444 e. The van der Waals surface area contributed by atoms with Gasteiger partial charge in [0.2, 0.25) is 0 Å². The largest absolute Gasteiger partial charge is 0.444 e. The first-order valence-corrected chi connectivity index (χ1v) is 14.5. The summed E-state index contributed by atoms with van der Waals surface area (Å²) in [5.74, 6) is -1.17. The quantitative estimate of drug-likeness (QED) is 0.485. The number of likely N-dealkylation sites (N-methyl/N-ethyl adjacent to an activating group) is 1. The van der Waals surface area contributed by atoms with E-state index in [0.717, 1.165) is 17.4 Å². The van der Waals surface area contributed by atoms with Gasteiger partial charge in [-0.3, -0.25) is 0 Å². The highest BCUT2D eigenvalue weighted by Gasteiger charge is 2.39. The fraction of sp³-hybridized carbons (Fsp3) is 0.560. The number of anilines is 2. The lowest BCUT2D eigenvalue weighted by Crippen LogP contribution is -2.41. The number of amides is 2. The van der Waals surface area contributed by atoms with E-state index < -0.39 is 44.1 Å². The van der Waals surface area contributed by atoms with Gasteiger partial charge < -0.3 is 19.3 Å². The first-order valence-electron chi connectivity index (χ1n) is 12.1. The Bertz CT molecular complexity index is 1290. The number of ether oxygens (including phenoxy) is 2. The Hall–Kier alpha value is -2.93. The summed E-state index contributed by atoms with van der Waals surface area (Å²) in [6, 6.07) is 2.50. The summed E-state index contributed by atoms with van der Waals surface area (Å²) in [6.07, 6.45) is -0.968. The smallest absolute Gasteiger partial charge is 0.430 e. The number of nitrogens with zero attached hydrogens (tertiary/aromatic N) is 4. The number of hydrogen-bond acceptors (Lipinski definition) is 9. The monoisotopic (exact) mass is 570 g/mol. The number of aromatic nitrogens is 1. The molecule has 0 aliphatic carbocycles. The lowest BCUT2D eigenvalue weighted by molar-refractivity contribution is 0.0292. The second-order valence-corrected chi connectivity index (χ2v) is 13.6. The number of likely N-dealkylation sites (tertiary alicyclic amines) is 1. The lowest BCUT2D eigenvalue weighted by Gasteiger charge is -2.30. The SMILES string of the molecule is Cc1c(N(C)[C@H]2CCN(C(=O)OC(C)(C)C)C2)ccc(S(=O)(=O)N(C(=O)OC(C)(C)C)c2cscn2)c1F. The number of rotatable bonds is 5. The number of carbonyl (C=O) groups is 2. The van der Waals surface area contributed by atoms with E-state index >= 15 is 4.39 Å². The molecule has 0 bridgehead atoms. The van der Waals surface area contributed by atoms with E-state index in [4.69, 9.17) is 9.47 Å². The van der Waals surface area contributed by atoms with Gasteiger partial charge in [-0.05, 0) is 67.0 Å². The van der Waals surface area contributed by atoms with Crippen molar-refractivity contribution < 1.29 is 31.9 Å². The summed E-state index contributed by atoms with van der Waals surface area (Å²) in [7, 11) is -2.94. The van der Waals surface area contributed by atoms with Crippen LogP contribution >= 0.6 is 11.3 Å². The molecule has 2 aromatic rings. The lowest BCUT2D eigenvalue weighted by atomic mass is 10.1. The van der Waals surface area contributed by atoms with Crippen LogP contribution < -0.4 is 9.21 Å². The van der Waals surface area contributed by atoms with Crippen LogP contribution in [-0.2, 0) is 19.5 Å². The van der Waals surface area contributed by atoms with Crippen LogP contribution in [0.5, 0.6) is 0 Å². The van der Waals surface area contributed by atoms with Crippen molar-refractivity contribution in [3.05, 3.63) is 34.4 Å². The topological polar surface area (TPSA) is 109 Å². The Morgan fingerprint density at radius 3 is 2.32 bits per heavy atom. The summed E-state index contributed by atoms with van der Waals surface area (Å²) in [5.41, 5.74) is 0.315. The maximum absolute atomic E-state index is 15.7. The van der Waals surface area contributed by atoms with Gasteiger partial charge in [0.05, 0.1) is 5.51 Å². The summed E-state index contributed by atoms with van der Waals surface area (Å²) < 4.78 is 54.0. The van der Waals surface area contributed by atoms with Crippen molar-refractivity contribution in [1.82, 2.24) is 9.88 Å². The third-order valence-corrected chi connectivity index (χ3v) is 8.03. The van der Waals surface area contributed by atoms with Gasteiger partial charge in [-0.15, -0.1) is 15.6 Å². The Morgan fingerprint density at radius 1 is 1.13 bits per heavy atom. The minimum atomic E-state index is -4.71. The molecule has 2 heterocycles. The fourth-order valence-electron chi connectivity index (χ4n) is 4.00. The van der Waals surface area contributed by atoms with Crippen LogP contribution in [0.4, 0.5) is 25.5 Å². The normalized spacial score (nSPS) is 16.3. The first-order chi connectivity index (χ1) is 17.4. The molecule has 0 spiro atoms. The molecule has 0 unspecified atom stereocenters. The van der Waals surface area contributed by atoms with E-state index in [1.165, 1.54) is 23.9 Å². The Kier molecular flexibility index (Phi) is 8.32. The van der Waals surface area contributed by atoms with E-state index in [0.29, 0.717) is 29.5 Å². The maximum Gasteiger partial charge on any atom is 0.430 e. The molecule has 13 heteroatoms. The van der Waals surface area contributed by atoms with Crippen molar-refractivity contribution >= 4 is 45.1 Å². The fourth-order valence-corrected chi connectivity index (χ4v) is 5.98. The average molecular weight is 571 g/mol. The van der Waals surface area contributed by atoms with Crippen molar-refractivity contribution in [3.63, 3.8) is 0 Å². The summed E-state index contributed by atoms with van der Waals surface area (Å²) >= 11 is 1.09. The number of thiazole rings is 1. The van der Waals surface area contributed by atoms with Gasteiger partial charge in [-0.2, -0.15) is 0 Å². The molecule has 1 aliphatic rings. The molecular weight excluding hydrogens is 535 g/mol. The predicted molar refractivity (Wildman–Crippen MR) is 144 cm³/mol. The zero-order chi connectivity index (χ0) is 28.6.